The molecule has 1 aromatic heterocycles. The van der Waals surface area contributed by atoms with Gasteiger partial charge >= 0.3 is 0 Å². The Hall–Kier alpha value is -0.960. The van der Waals surface area contributed by atoms with Gasteiger partial charge in [-0.3, -0.25) is 0 Å². The summed E-state index contributed by atoms with van der Waals surface area (Å²) in [4.78, 5) is 3.49. The number of rotatable bonds is 1. The average molecular weight is 139 g/mol. The van der Waals surface area contributed by atoms with Crippen LogP contribution in [0.25, 0.3) is 0 Å². The number of halogens is 1. The SMILES string of the molecule is Fc1ncccc1C1CO1. The number of aromatic nitrogens is 1. The minimum atomic E-state index is -0.412. The van der Waals surface area contributed by atoms with Gasteiger partial charge in [0, 0.05) is 11.8 Å². The lowest BCUT2D eigenvalue weighted by Crippen LogP contribution is -1.89. The van der Waals surface area contributed by atoms with E-state index in [0.29, 0.717) is 12.2 Å². The summed E-state index contributed by atoms with van der Waals surface area (Å²) in [6.07, 6.45) is 1.40. The number of nitrogens with zero attached hydrogens (tertiary/aromatic N) is 1. The van der Waals surface area contributed by atoms with Gasteiger partial charge in [0.2, 0.25) is 5.95 Å². The first-order valence-corrected chi connectivity index (χ1v) is 3.10. The van der Waals surface area contributed by atoms with Crippen LogP contribution >= 0.6 is 0 Å². The molecule has 0 radical (unpaired) electrons. The van der Waals surface area contributed by atoms with E-state index in [1.807, 2.05) is 0 Å². The van der Waals surface area contributed by atoms with Crippen molar-refractivity contribution in [2.75, 3.05) is 6.61 Å². The number of pyridine rings is 1. The quantitative estimate of drug-likeness (QED) is 0.432. The highest BCUT2D eigenvalue weighted by atomic mass is 19.1. The van der Waals surface area contributed by atoms with Crippen molar-refractivity contribution in [3.8, 4) is 0 Å². The van der Waals surface area contributed by atoms with Gasteiger partial charge in [-0.05, 0) is 6.07 Å². The highest BCUT2D eigenvalue weighted by molar-refractivity contribution is 5.17. The summed E-state index contributed by atoms with van der Waals surface area (Å²) in [6.45, 7) is 0.628. The number of ether oxygens (including phenoxy) is 1. The number of epoxide rings is 1. The molecule has 0 saturated carbocycles. The van der Waals surface area contributed by atoms with Crippen molar-refractivity contribution >= 4 is 0 Å². The second-order valence-corrected chi connectivity index (χ2v) is 2.21. The molecular weight excluding hydrogens is 133 g/mol. The molecule has 1 aliphatic rings. The molecule has 1 saturated heterocycles. The monoisotopic (exact) mass is 139 g/mol. The summed E-state index contributed by atoms with van der Waals surface area (Å²) in [5, 5.41) is 0. The molecule has 2 nitrogen and oxygen atoms in total. The molecule has 2 rings (SSSR count). The molecule has 0 aliphatic carbocycles. The van der Waals surface area contributed by atoms with Gasteiger partial charge in [0.1, 0.15) is 6.10 Å². The summed E-state index contributed by atoms with van der Waals surface area (Å²) in [7, 11) is 0. The van der Waals surface area contributed by atoms with E-state index in [-0.39, 0.29) is 6.10 Å². The maximum atomic E-state index is 12.7. The topological polar surface area (TPSA) is 25.4 Å². The van der Waals surface area contributed by atoms with E-state index in [4.69, 9.17) is 4.74 Å². The Balaban J connectivity index is 2.39. The van der Waals surface area contributed by atoms with Crippen LogP contribution in [0.2, 0.25) is 0 Å². The lowest BCUT2D eigenvalue weighted by Gasteiger charge is -1.93. The third-order valence-electron chi connectivity index (χ3n) is 1.47. The highest BCUT2D eigenvalue weighted by Crippen LogP contribution is 2.30. The van der Waals surface area contributed by atoms with E-state index in [2.05, 4.69) is 4.98 Å². The van der Waals surface area contributed by atoms with Crippen LogP contribution in [0.4, 0.5) is 4.39 Å². The van der Waals surface area contributed by atoms with Crippen LogP contribution in [0.1, 0.15) is 11.7 Å². The smallest absolute Gasteiger partial charge is 0.218 e. The van der Waals surface area contributed by atoms with Crippen LogP contribution in [-0.4, -0.2) is 11.6 Å². The third-order valence-corrected chi connectivity index (χ3v) is 1.47. The average Bonchev–Trinajstić information content (AvgIpc) is 2.71. The molecule has 1 atom stereocenters. The molecule has 1 fully saturated rings. The van der Waals surface area contributed by atoms with Crippen molar-refractivity contribution in [2.45, 2.75) is 6.10 Å². The summed E-state index contributed by atoms with van der Waals surface area (Å²) in [5.41, 5.74) is 0.572. The first-order valence-electron chi connectivity index (χ1n) is 3.10. The molecule has 0 spiro atoms. The fraction of sp³-hybridized carbons (Fsp3) is 0.286. The molecule has 1 unspecified atom stereocenters. The zero-order valence-corrected chi connectivity index (χ0v) is 5.25. The summed E-state index contributed by atoms with van der Waals surface area (Å²) >= 11 is 0. The Labute approximate surface area is 57.7 Å². The van der Waals surface area contributed by atoms with Crippen LogP contribution < -0.4 is 0 Å². The largest absolute Gasteiger partial charge is 0.368 e. The van der Waals surface area contributed by atoms with Gasteiger partial charge in [-0.25, -0.2) is 4.98 Å². The van der Waals surface area contributed by atoms with Gasteiger partial charge in [-0.1, -0.05) is 6.07 Å². The van der Waals surface area contributed by atoms with E-state index in [1.165, 1.54) is 6.20 Å². The van der Waals surface area contributed by atoms with E-state index >= 15 is 0 Å². The second kappa shape index (κ2) is 2.02. The predicted octanol–water partition coefficient (Wildman–Crippen LogP) is 1.29. The van der Waals surface area contributed by atoms with Crippen LogP contribution in [0.5, 0.6) is 0 Å². The summed E-state index contributed by atoms with van der Waals surface area (Å²) in [6, 6.07) is 3.40. The molecule has 2 heterocycles. The van der Waals surface area contributed by atoms with E-state index in [9.17, 15) is 4.39 Å². The fourth-order valence-electron chi connectivity index (χ4n) is 0.866. The van der Waals surface area contributed by atoms with Crippen molar-refractivity contribution in [1.29, 1.82) is 0 Å². The molecule has 10 heavy (non-hydrogen) atoms. The number of hydrogen-bond donors (Lipinski definition) is 0. The van der Waals surface area contributed by atoms with Crippen molar-refractivity contribution < 1.29 is 9.13 Å². The zero-order valence-electron chi connectivity index (χ0n) is 5.25. The lowest BCUT2D eigenvalue weighted by molar-refractivity contribution is 0.404. The normalized spacial score (nSPS) is 22.7. The fourth-order valence-corrected chi connectivity index (χ4v) is 0.866. The molecule has 52 valence electrons. The van der Waals surface area contributed by atoms with Crippen molar-refractivity contribution in [1.82, 2.24) is 4.98 Å². The predicted molar refractivity (Wildman–Crippen MR) is 32.9 cm³/mol. The minimum absolute atomic E-state index is 0.0336. The van der Waals surface area contributed by atoms with Crippen molar-refractivity contribution in [3.05, 3.63) is 29.8 Å². The Morgan fingerprint density at radius 1 is 1.70 bits per heavy atom. The first-order chi connectivity index (χ1) is 4.88. The standard InChI is InChI=1S/C7H6FNO/c8-7-5(6-4-10-6)2-1-3-9-7/h1-3,6H,4H2. The Bertz CT molecular complexity index is 247. The Kier molecular flexibility index (Phi) is 1.17. The van der Waals surface area contributed by atoms with Crippen molar-refractivity contribution in [3.63, 3.8) is 0 Å². The molecule has 0 amide bonds. The van der Waals surface area contributed by atoms with Gasteiger partial charge in [0.05, 0.1) is 6.61 Å². The molecule has 0 aromatic carbocycles. The highest BCUT2D eigenvalue weighted by Gasteiger charge is 2.27. The van der Waals surface area contributed by atoms with Crippen LogP contribution in [-0.2, 0) is 4.74 Å². The third kappa shape index (κ3) is 0.885. The summed E-state index contributed by atoms with van der Waals surface area (Å²) < 4.78 is 17.6. The van der Waals surface area contributed by atoms with Gasteiger partial charge in [-0.2, -0.15) is 4.39 Å². The molecule has 0 bridgehead atoms. The van der Waals surface area contributed by atoms with Crippen molar-refractivity contribution in [2.24, 2.45) is 0 Å². The van der Waals surface area contributed by atoms with E-state index in [1.54, 1.807) is 12.1 Å². The van der Waals surface area contributed by atoms with E-state index < -0.39 is 5.95 Å². The maximum absolute atomic E-state index is 12.7. The van der Waals surface area contributed by atoms with E-state index in [0.717, 1.165) is 0 Å². The van der Waals surface area contributed by atoms with Gasteiger partial charge in [-0.15, -0.1) is 0 Å². The maximum Gasteiger partial charge on any atom is 0.218 e. The van der Waals surface area contributed by atoms with Gasteiger partial charge < -0.3 is 4.74 Å². The molecule has 1 aromatic rings. The number of hydrogen-bond acceptors (Lipinski definition) is 2. The molecule has 3 heteroatoms. The van der Waals surface area contributed by atoms with Crippen LogP contribution in [0.3, 0.4) is 0 Å². The second-order valence-electron chi connectivity index (χ2n) is 2.21. The van der Waals surface area contributed by atoms with Crippen LogP contribution in [0, 0.1) is 5.95 Å². The van der Waals surface area contributed by atoms with Gasteiger partial charge in [0.15, 0.2) is 0 Å². The lowest BCUT2D eigenvalue weighted by atomic mass is 10.2. The Morgan fingerprint density at radius 3 is 3.10 bits per heavy atom. The van der Waals surface area contributed by atoms with Gasteiger partial charge in [0.25, 0.3) is 0 Å². The zero-order chi connectivity index (χ0) is 6.97. The minimum Gasteiger partial charge on any atom is -0.368 e. The van der Waals surface area contributed by atoms with Crippen LogP contribution in [0.15, 0.2) is 18.3 Å². The Morgan fingerprint density at radius 2 is 2.50 bits per heavy atom. The molecular formula is C7H6FNO. The summed E-state index contributed by atoms with van der Waals surface area (Å²) in [5.74, 6) is -0.412. The molecule has 0 N–H and O–H groups in total. The first kappa shape index (κ1) is 5.80. The molecule has 1 aliphatic heterocycles.